The largest absolute Gasteiger partial charge is 0.308 e. The molecule has 0 aromatic carbocycles. The van der Waals surface area contributed by atoms with Gasteiger partial charge in [0.1, 0.15) is 11.9 Å². The van der Waals surface area contributed by atoms with Crippen LogP contribution in [0.5, 0.6) is 0 Å². The molecular formula is C6H2ClF2IN2O4S. The number of aromatic nitrogens is 1. The van der Waals surface area contributed by atoms with E-state index in [0.717, 1.165) is 0 Å². The summed E-state index contributed by atoms with van der Waals surface area (Å²) in [5, 5.41) is 10.6. The molecule has 1 aromatic rings. The van der Waals surface area contributed by atoms with E-state index in [9.17, 15) is 27.3 Å². The summed E-state index contributed by atoms with van der Waals surface area (Å²) < 4.78 is 46.6. The summed E-state index contributed by atoms with van der Waals surface area (Å²) in [6, 6.07) is 0. The van der Waals surface area contributed by atoms with Gasteiger partial charge in [-0.2, -0.15) is 0 Å². The summed E-state index contributed by atoms with van der Waals surface area (Å²) in [7, 11) is 0.465. The van der Waals surface area contributed by atoms with Gasteiger partial charge >= 0.3 is 5.69 Å². The number of hydrogen-bond acceptors (Lipinski definition) is 5. The molecule has 1 aromatic heterocycles. The van der Waals surface area contributed by atoms with Crippen LogP contribution in [0, 0.1) is 13.7 Å². The van der Waals surface area contributed by atoms with Crippen LogP contribution in [-0.4, -0.2) is 18.3 Å². The average Bonchev–Trinajstić information content (AvgIpc) is 2.14. The van der Waals surface area contributed by atoms with Gasteiger partial charge in [0.05, 0.1) is 8.49 Å². The molecule has 0 spiro atoms. The van der Waals surface area contributed by atoms with Crippen LogP contribution >= 0.6 is 33.3 Å². The molecule has 0 saturated heterocycles. The fraction of sp³-hybridized carbons (Fsp3) is 0.167. The predicted molar refractivity (Wildman–Crippen MR) is 61.6 cm³/mol. The van der Waals surface area contributed by atoms with E-state index in [1.54, 1.807) is 0 Å². The van der Waals surface area contributed by atoms with E-state index >= 15 is 0 Å². The topological polar surface area (TPSA) is 90.2 Å². The van der Waals surface area contributed by atoms with E-state index in [0.29, 0.717) is 6.20 Å². The standard InChI is InChI=1S/C6H2ClF2IN2O4S/c7-17(15,16)5-2(12(13)14)1-11-4(3(5)10)6(8)9/h1,6H. The Kier molecular flexibility index (Phi) is 4.19. The van der Waals surface area contributed by atoms with Crippen molar-refractivity contribution in [2.45, 2.75) is 11.3 Å². The lowest BCUT2D eigenvalue weighted by atomic mass is 10.3. The van der Waals surface area contributed by atoms with Crippen molar-refractivity contribution in [3.63, 3.8) is 0 Å². The number of hydrogen-bond donors (Lipinski definition) is 0. The second-order valence-electron chi connectivity index (χ2n) is 2.67. The van der Waals surface area contributed by atoms with Crippen molar-refractivity contribution in [2.75, 3.05) is 0 Å². The third-order valence-electron chi connectivity index (χ3n) is 1.63. The summed E-state index contributed by atoms with van der Waals surface area (Å²) in [6.45, 7) is 0. The van der Waals surface area contributed by atoms with Gasteiger partial charge in [0, 0.05) is 10.7 Å². The number of alkyl halides is 2. The Bertz CT molecular complexity index is 580. The molecule has 94 valence electrons. The van der Waals surface area contributed by atoms with Crippen LogP contribution in [0.25, 0.3) is 0 Å². The van der Waals surface area contributed by atoms with Crippen LogP contribution in [0.3, 0.4) is 0 Å². The van der Waals surface area contributed by atoms with Crippen molar-refractivity contribution < 1.29 is 22.1 Å². The normalized spacial score (nSPS) is 11.8. The highest BCUT2D eigenvalue weighted by Gasteiger charge is 2.32. The molecule has 0 fully saturated rings. The Morgan fingerprint density at radius 3 is 2.41 bits per heavy atom. The van der Waals surface area contributed by atoms with E-state index in [1.807, 2.05) is 0 Å². The molecular weight excluding hydrogens is 396 g/mol. The average molecular weight is 399 g/mol. The number of halogens is 4. The van der Waals surface area contributed by atoms with Gasteiger partial charge < -0.3 is 0 Å². The number of rotatable bonds is 3. The minimum Gasteiger partial charge on any atom is -0.258 e. The molecule has 0 saturated carbocycles. The Labute approximate surface area is 112 Å². The van der Waals surface area contributed by atoms with Crippen molar-refractivity contribution in [1.29, 1.82) is 0 Å². The lowest BCUT2D eigenvalue weighted by molar-refractivity contribution is -0.388. The second-order valence-corrected chi connectivity index (χ2v) is 6.25. The minimum absolute atomic E-state index is 0.443. The predicted octanol–water partition coefficient (Wildman–Crippen LogP) is 2.46. The summed E-state index contributed by atoms with van der Waals surface area (Å²) in [5.41, 5.74) is -1.80. The molecule has 0 N–H and O–H groups in total. The van der Waals surface area contributed by atoms with Crippen molar-refractivity contribution in [3.8, 4) is 0 Å². The van der Waals surface area contributed by atoms with E-state index in [4.69, 9.17) is 10.7 Å². The van der Waals surface area contributed by atoms with Gasteiger partial charge in [-0.1, -0.05) is 0 Å². The molecule has 0 radical (unpaired) electrons. The molecule has 17 heavy (non-hydrogen) atoms. The first kappa shape index (κ1) is 14.4. The van der Waals surface area contributed by atoms with Crippen LogP contribution in [0.4, 0.5) is 14.5 Å². The first-order valence-corrected chi connectivity index (χ1v) is 7.10. The van der Waals surface area contributed by atoms with E-state index in [-0.39, 0.29) is 0 Å². The molecule has 0 unspecified atom stereocenters. The highest BCUT2D eigenvalue weighted by atomic mass is 127. The zero-order valence-corrected chi connectivity index (χ0v) is 11.3. The molecule has 0 atom stereocenters. The first-order valence-electron chi connectivity index (χ1n) is 3.72. The van der Waals surface area contributed by atoms with Gasteiger partial charge in [-0.05, 0) is 22.6 Å². The molecule has 0 aliphatic heterocycles. The maximum Gasteiger partial charge on any atom is 0.308 e. The maximum absolute atomic E-state index is 12.5. The van der Waals surface area contributed by atoms with Crippen LogP contribution in [0.15, 0.2) is 11.1 Å². The molecule has 11 heteroatoms. The molecule has 0 bridgehead atoms. The Morgan fingerprint density at radius 2 is 2.06 bits per heavy atom. The smallest absolute Gasteiger partial charge is 0.258 e. The first-order chi connectivity index (χ1) is 7.66. The SMILES string of the molecule is O=[N+]([O-])c1cnc(C(F)F)c(I)c1S(=O)(=O)Cl. The van der Waals surface area contributed by atoms with Crippen molar-refractivity contribution in [1.82, 2.24) is 4.98 Å². The lowest BCUT2D eigenvalue weighted by Gasteiger charge is -2.06. The molecule has 1 rings (SSSR count). The summed E-state index contributed by atoms with van der Waals surface area (Å²) in [5.74, 6) is 0. The number of pyridine rings is 1. The summed E-state index contributed by atoms with van der Waals surface area (Å²) in [6.07, 6.45) is -2.61. The molecule has 0 aliphatic rings. The van der Waals surface area contributed by atoms with Crippen molar-refractivity contribution in [3.05, 3.63) is 25.6 Å². The third-order valence-corrected chi connectivity index (χ3v) is 4.45. The van der Waals surface area contributed by atoms with Crippen LogP contribution < -0.4 is 0 Å². The molecule has 0 amide bonds. The van der Waals surface area contributed by atoms with E-state index < -0.39 is 40.2 Å². The minimum atomic E-state index is -4.52. The highest BCUT2D eigenvalue weighted by molar-refractivity contribution is 14.1. The van der Waals surface area contributed by atoms with Gasteiger partial charge in [0.15, 0.2) is 4.90 Å². The zero-order chi connectivity index (χ0) is 13.4. The third kappa shape index (κ3) is 2.98. The molecule has 1 heterocycles. The fourth-order valence-electron chi connectivity index (χ4n) is 0.989. The Morgan fingerprint density at radius 1 is 1.53 bits per heavy atom. The van der Waals surface area contributed by atoms with Gasteiger partial charge in [-0.3, -0.25) is 10.1 Å². The highest BCUT2D eigenvalue weighted by Crippen LogP contribution is 2.35. The van der Waals surface area contributed by atoms with E-state index in [1.165, 1.54) is 22.6 Å². The molecule has 6 nitrogen and oxygen atoms in total. The summed E-state index contributed by atoms with van der Waals surface area (Å²) in [4.78, 5) is 11.7. The quantitative estimate of drug-likeness (QED) is 0.338. The van der Waals surface area contributed by atoms with Crippen LogP contribution in [-0.2, 0) is 9.05 Å². The zero-order valence-electron chi connectivity index (χ0n) is 7.60. The Balaban J connectivity index is 3.72. The van der Waals surface area contributed by atoms with Gasteiger partial charge in [-0.25, -0.2) is 22.2 Å². The monoisotopic (exact) mass is 398 g/mol. The van der Waals surface area contributed by atoms with Gasteiger partial charge in [0.2, 0.25) is 0 Å². The van der Waals surface area contributed by atoms with Crippen molar-refractivity contribution in [2.24, 2.45) is 0 Å². The Hall–Kier alpha value is -0.620. The summed E-state index contributed by atoms with van der Waals surface area (Å²) >= 11 is 1.23. The number of nitro groups is 1. The maximum atomic E-state index is 12.5. The fourth-order valence-corrected chi connectivity index (χ4v) is 4.06. The van der Waals surface area contributed by atoms with Crippen molar-refractivity contribution >= 4 is 48.0 Å². The lowest BCUT2D eigenvalue weighted by Crippen LogP contribution is -2.07. The van der Waals surface area contributed by atoms with Crippen LogP contribution in [0.2, 0.25) is 0 Å². The number of nitrogens with zero attached hydrogens (tertiary/aromatic N) is 2. The molecule has 0 aliphatic carbocycles. The van der Waals surface area contributed by atoms with Crippen LogP contribution in [0.1, 0.15) is 12.1 Å². The van der Waals surface area contributed by atoms with Gasteiger partial charge in [0.25, 0.3) is 15.5 Å². The van der Waals surface area contributed by atoms with E-state index in [2.05, 4.69) is 4.98 Å². The second kappa shape index (κ2) is 4.94. The van der Waals surface area contributed by atoms with Gasteiger partial charge in [-0.15, -0.1) is 0 Å².